The highest BCUT2D eigenvalue weighted by Gasteiger charge is 2.17. The molecule has 1 fully saturated rings. The number of benzene rings is 1. The Morgan fingerprint density at radius 1 is 1.38 bits per heavy atom. The molecule has 1 aliphatic rings. The van der Waals surface area contributed by atoms with Crippen molar-refractivity contribution in [1.82, 2.24) is 4.90 Å². The molecule has 1 aromatic rings. The molecule has 21 heavy (non-hydrogen) atoms. The van der Waals surface area contributed by atoms with Crippen molar-refractivity contribution >= 4 is 11.7 Å². The zero-order valence-electron chi connectivity index (χ0n) is 13.1. The molecule has 0 aromatic heterocycles. The molecule has 1 aliphatic heterocycles. The molecule has 2 N–H and O–H groups in total. The number of nitrogens with zero attached hydrogens (tertiary/aromatic N) is 1. The van der Waals surface area contributed by atoms with Gasteiger partial charge >= 0.3 is 5.97 Å². The summed E-state index contributed by atoms with van der Waals surface area (Å²) in [6, 6.07) is 5.80. The first-order valence-electron chi connectivity index (χ1n) is 7.93. The van der Waals surface area contributed by atoms with Gasteiger partial charge in [-0.1, -0.05) is 6.92 Å². The third kappa shape index (κ3) is 4.46. The molecular weight excluding hydrogens is 264 g/mol. The number of carboxylic acid groups (broad SMARTS) is 1. The number of hydrogen-bond acceptors (Lipinski definition) is 3. The second-order valence-corrected chi connectivity index (χ2v) is 5.95. The Kier molecular flexibility index (Phi) is 5.62. The molecule has 1 heterocycles. The fourth-order valence-corrected chi connectivity index (χ4v) is 3.02. The molecular formula is C17H26N2O2. The van der Waals surface area contributed by atoms with Crippen LogP contribution in [-0.4, -0.2) is 41.7 Å². The fraction of sp³-hybridized carbons (Fsp3) is 0.588. The van der Waals surface area contributed by atoms with Crippen LogP contribution in [-0.2, 0) is 0 Å². The molecule has 1 unspecified atom stereocenters. The number of carbonyl (C=O) groups is 1. The van der Waals surface area contributed by atoms with Gasteiger partial charge in [-0.2, -0.15) is 0 Å². The highest BCUT2D eigenvalue weighted by atomic mass is 16.4. The minimum Gasteiger partial charge on any atom is -0.478 e. The third-order valence-electron chi connectivity index (χ3n) is 4.19. The maximum absolute atomic E-state index is 11.0. The molecule has 1 saturated heterocycles. The van der Waals surface area contributed by atoms with E-state index in [4.69, 9.17) is 5.11 Å². The summed E-state index contributed by atoms with van der Waals surface area (Å²) < 4.78 is 0. The summed E-state index contributed by atoms with van der Waals surface area (Å²) in [5.74, 6) is -0.866. The molecule has 0 saturated carbocycles. The number of likely N-dealkylation sites (tertiary alicyclic amines) is 1. The maximum atomic E-state index is 11.0. The van der Waals surface area contributed by atoms with Crippen molar-refractivity contribution in [1.29, 1.82) is 0 Å². The first-order chi connectivity index (χ1) is 10.1. The van der Waals surface area contributed by atoms with Crippen LogP contribution < -0.4 is 5.32 Å². The third-order valence-corrected chi connectivity index (χ3v) is 4.19. The average Bonchev–Trinajstić information content (AvgIpc) is 2.67. The lowest BCUT2D eigenvalue weighted by Crippen LogP contribution is -2.27. The second kappa shape index (κ2) is 7.46. The van der Waals surface area contributed by atoms with E-state index in [1.807, 2.05) is 13.0 Å². The summed E-state index contributed by atoms with van der Waals surface area (Å²) in [4.78, 5) is 13.5. The molecule has 116 valence electrons. The van der Waals surface area contributed by atoms with E-state index in [2.05, 4.69) is 17.1 Å². The molecule has 2 rings (SSSR count). The van der Waals surface area contributed by atoms with Crippen LogP contribution in [0.2, 0.25) is 0 Å². The van der Waals surface area contributed by atoms with Crippen LogP contribution in [0, 0.1) is 6.92 Å². The van der Waals surface area contributed by atoms with Crippen molar-refractivity contribution in [3.05, 3.63) is 29.3 Å². The van der Waals surface area contributed by atoms with Crippen LogP contribution >= 0.6 is 0 Å². The number of aryl methyl sites for hydroxylation is 1. The summed E-state index contributed by atoms with van der Waals surface area (Å²) in [7, 11) is 0. The van der Waals surface area contributed by atoms with Gasteiger partial charge in [0.2, 0.25) is 0 Å². The molecule has 0 spiro atoms. The average molecular weight is 290 g/mol. The first-order valence-corrected chi connectivity index (χ1v) is 7.93. The lowest BCUT2D eigenvalue weighted by molar-refractivity contribution is 0.0697. The summed E-state index contributed by atoms with van der Waals surface area (Å²) in [6.07, 6.45) is 4.78. The number of rotatable bonds is 5. The van der Waals surface area contributed by atoms with Gasteiger partial charge in [-0.3, -0.25) is 0 Å². The Labute approximate surface area is 127 Å². The van der Waals surface area contributed by atoms with Gasteiger partial charge in [-0.05, 0) is 69.5 Å². The zero-order valence-corrected chi connectivity index (χ0v) is 13.1. The molecule has 0 aliphatic carbocycles. The van der Waals surface area contributed by atoms with Gasteiger partial charge in [-0.25, -0.2) is 4.79 Å². The predicted molar refractivity (Wildman–Crippen MR) is 86.1 cm³/mol. The van der Waals surface area contributed by atoms with E-state index in [0.717, 1.165) is 24.2 Å². The van der Waals surface area contributed by atoms with Crippen LogP contribution in [0.5, 0.6) is 0 Å². The Balaban J connectivity index is 1.97. The van der Waals surface area contributed by atoms with E-state index in [9.17, 15) is 4.79 Å². The molecule has 4 nitrogen and oxygen atoms in total. The minimum atomic E-state index is -0.866. The standard InChI is InChI=1S/C17H26N2O2/c1-3-9-19-10-4-5-15(8-11-19)18-16-7-6-14(17(20)21)12-13(16)2/h6-7,12,15,18H,3-5,8-11H2,1-2H3,(H,20,21). The Morgan fingerprint density at radius 3 is 2.86 bits per heavy atom. The van der Waals surface area contributed by atoms with E-state index < -0.39 is 5.97 Å². The number of carboxylic acids is 1. The summed E-state index contributed by atoms with van der Waals surface area (Å²) in [5.41, 5.74) is 2.42. The molecule has 4 heteroatoms. The lowest BCUT2D eigenvalue weighted by Gasteiger charge is -2.21. The number of anilines is 1. The minimum absolute atomic E-state index is 0.355. The van der Waals surface area contributed by atoms with Gasteiger partial charge in [0.15, 0.2) is 0 Å². The number of hydrogen-bond donors (Lipinski definition) is 2. The van der Waals surface area contributed by atoms with E-state index in [-0.39, 0.29) is 0 Å². The van der Waals surface area contributed by atoms with E-state index in [0.29, 0.717) is 11.6 Å². The highest BCUT2D eigenvalue weighted by Crippen LogP contribution is 2.21. The van der Waals surface area contributed by atoms with Crippen molar-refractivity contribution in [3.63, 3.8) is 0 Å². The van der Waals surface area contributed by atoms with Crippen LogP contribution in [0.3, 0.4) is 0 Å². The normalized spacial score (nSPS) is 20.0. The van der Waals surface area contributed by atoms with Gasteiger partial charge in [-0.15, -0.1) is 0 Å². The summed E-state index contributed by atoms with van der Waals surface area (Å²) in [6.45, 7) is 7.74. The summed E-state index contributed by atoms with van der Waals surface area (Å²) in [5, 5.41) is 12.6. The smallest absolute Gasteiger partial charge is 0.335 e. The van der Waals surface area contributed by atoms with Crippen LogP contribution in [0.4, 0.5) is 5.69 Å². The topological polar surface area (TPSA) is 52.6 Å². The van der Waals surface area contributed by atoms with Gasteiger partial charge in [0.05, 0.1) is 5.56 Å². The van der Waals surface area contributed by atoms with Gasteiger partial charge < -0.3 is 15.3 Å². The molecule has 0 radical (unpaired) electrons. The molecule has 1 aromatic carbocycles. The monoisotopic (exact) mass is 290 g/mol. The van der Waals surface area contributed by atoms with E-state index in [1.165, 1.54) is 32.4 Å². The van der Waals surface area contributed by atoms with Crippen molar-refractivity contribution in [2.24, 2.45) is 0 Å². The lowest BCUT2D eigenvalue weighted by atomic mass is 10.1. The number of aromatic carboxylic acids is 1. The Morgan fingerprint density at radius 2 is 2.19 bits per heavy atom. The molecule has 0 bridgehead atoms. The maximum Gasteiger partial charge on any atom is 0.335 e. The van der Waals surface area contributed by atoms with Crippen molar-refractivity contribution < 1.29 is 9.90 Å². The molecule has 1 atom stereocenters. The zero-order chi connectivity index (χ0) is 15.2. The first kappa shape index (κ1) is 15.8. The van der Waals surface area contributed by atoms with Gasteiger partial charge in [0.1, 0.15) is 0 Å². The van der Waals surface area contributed by atoms with Gasteiger partial charge in [0.25, 0.3) is 0 Å². The van der Waals surface area contributed by atoms with E-state index >= 15 is 0 Å². The van der Waals surface area contributed by atoms with Crippen molar-refractivity contribution in [2.75, 3.05) is 25.0 Å². The fourth-order valence-electron chi connectivity index (χ4n) is 3.02. The largest absolute Gasteiger partial charge is 0.478 e. The van der Waals surface area contributed by atoms with Gasteiger partial charge in [0, 0.05) is 18.3 Å². The highest BCUT2D eigenvalue weighted by molar-refractivity contribution is 5.88. The van der Waals surface area contributed by atoms with Crippen LogP contribution in [0.1, 0.15) is 48.5 Å². The van der Waals surface area contributed by atoms with Crippen LogP contribution in [0.25, 0.3) is 0 Å². The SMILES string of the molecule is CCCN1CCCC(Nc2ccc(C(=O)O)cc2C)CC1. The van der Waals surface area contributed by atoms with Crippen molar-refractivity contribution in [2.45, 2.75) is 45.6 Å². The Bertz CT molecular complexity index is 488. The predicted octanol–water partition coefficient (Wildman–Crippen LogP) is 3.37. The summed E-state index contributed by atoms with van der Waals surface area (Å²) >= 11 is 0. The second-order valence-electron chi connectivity index (χ2n) is 5.95. The quantitative estimate of drug-likeness (QED) is 0.873. The van der Waals surface area contributed by atoms with Crippen LogP contribution in [0.15, 0.2) is 18.2 Å². The van der Waals surface area contributed by atoms with Crippen molar-refractivity contribution in [3.8, 4) is 0 Å². The molecule has 0 amide bonds. The number of nitrogens with one attached hydrogen (secondary N) is 1. The Hall–Kier alpha value is -1.55. The van der Waals surface area contributed by atoms with E-state index in [1.54, 1.807) is 12.1 Å².